The molecule has 0 radical (unpaired) electrons. The predicted octanol–water partition coefficient (Wildman–Crippen LogP) is 3.97. The number of nitrogens with zero attached hydrogens (tertiary/aromatic N) is 4. The van der Waals surface area contributed by atoms with E-state index < -0.39 is 0 Å². The van der Waals surface area contributed by atoms with Gasteiger partial charge in [-0.3, -0.25) is 9.78 Å². The lowest BCUT2D eigenvalue weighted by Gasteiger charge is -2.32. The van der Waals surface area contributed by atoms with E-state index in [1.807, 2.05) is 48.5 Å². The minimum Gasteiger partial charge on any atom is -0.497 e. The van der Waals surface area contributed by atoms with Crippen LogP contribution in [0.4, 0.5) is 11.5 Å². The molecule has 0 bridgehead atoms. The van der Waals surface area contributed by atoms with E-state index in [1.165, 1.54) is 0 Å². The van der Waals surface area contributed by atoms with Crippen molar-refractivity contribution in [3.63, 3.8) is 0 Å². The topological polar surface area (TPSA) is 84.6 Å². The molecule has 2 aromatic heterocycles. The molecule has 7 heteroatoms. The molecule has 172 valence electrons. The van der Waals surface area contributed by atoms with E-state index in [4.69, 9.17) is 15.5 Å². The van der Waals surface area contributed by atoms with Gasteiger partial charge < -0.3 is 20.3 Å². The molecule has 1 saturated heterocycles. The fourth-order valence-corrected chi connectivity index (χ4v) is 4.22. The Kier molecular flexibility index (Phi) is 7.07. The molecule has 0 saturated carbocycles. The standard InChI is InChI=1S/C26H31N5O2/c1-30(22-4-3-5-23(16-22)33-2)13-12-26(32)31-14-10-19(11-15-31)24-8-6-20(17-28-24)21-7-9-25(27)29-18-21/h3-9,16-19H,10-15H2,1-2H3,(H2,27,29). The zero-order valence-electron chi connectivity index (χ0n) is 19.3. The van der Waals surface area contributed by atoms with Crippen molar-refractivity contribution < 1.29 is 9.53 Å². The van der Waals surface area contributed by atoms with E-state index in [2.05, 4.69) is 22.0 Å². The fourth-order valence-electron chi connectivity index (χ4n) is 4.22. The summed E-state index contributed by atoms with van der Waals surface area (Å²) >= 11 is 0. The first-order valence-electron chi connectivity index (χ1n) is 11.3. The van der Waals surface area contributed by atoms with Gasteiger partial charge in [-0.25, -0.2) is 4.98 Å². The van der Waals surface area contributed by atoms with Crippen LogP contribution < -0.4 is 15.4 Å². The zero-order chi connectivity index (χ0) is 23.2. The number of anilines is 2. The molecule has 4 rings (SSSR count). The van der Waals surface area contributed by atoms with Gasteiger partial charge in [0.15, 0.2) is 0 Å². The van der Waals surface area contributed by atoms with Crippen LogP contribution in [-0.4, -0.2) is 54.6 Å². The van der Waals surface area contributed by atoms with E-state index in [0.29, 0.717) is 24.7 Å². The van der Waals surface area contributed by atoms with Crippen LogP contribution in [-0.2, 0) is 4.79 Å². The van der Waals surface area contributed by atoms with Gasteiger partial charge in [0, 0.05) is 80.0 Å². The van der Waals surface area contributed by atoms with Gasteiger partial charge in [-0.05, 0) is 43.2 Å². The largest absolute Gasteiger partial charge is 0.497 e. The van der Waals surface area contributed by atoms with Gasteiger partial charge in [-0.1, -0.05) is 12.1 Å². The fraction of sp³-hybridized carbons (Fsp3) is 0.346. The first-order chi connectivity index (χ1) is 16.0. The zero-order valence-corrected chi connectivity index (χ0v) is 19.3. The highest BCUT2D eigenvalue weighted by molar-refractivity contribution is 5.77. The number of carbonyl (C=O) groups is 1. The molecule has 1 aromatic carbocycles. The normalized spacial score (nSPS) is 14.2. The number of pyridine rings is 2. The van der Waals surface area contributed by atoms with Crippen LogP contribution in [0.2, 0.25) is 0 Å². The van der Waals surface area contributed by atoms with Gasteiger partial charge in [0.2, 0.25) is 5.91 Å². The number of nitrogen functional groups attached to an aromatic ring is 1. The lowest BCUT2D eigenvalue weighted by atomic mass is 9.92. The minimum absolute atomic E-state index is 0.211. The average Bonchev–Trinajstić information content (AvgIpc) is 2.88. The molecular formula is C26H31N5O2. The number of piperidine rings is 1. The summed E-state index contributed by atoms with van der Waals surface area (Å²) in [5.74, 6) is 1.92. The van der Waals surface area contributed by atoms with Crippen LogP contribution in [0.15, 0.2) is 60.9 Å². The maximum absolute atomic E-state index is 12.8. The molecule has 2 N–H and O–H groups in total. The summed E-state index contributed by atoms with van der Waals surface area (Å²) in [6, 6.07) is 15.8. The maximum Gasteiger partial charge on any atom is 0.224 e. The number of rotatable bonds is 7. The Hall–Kier alpha value is -3.61. The summed E-state index contributed by atoms with van der Waals surface area (Å²) in [5.41, 5.74) is 9.83. The SMILES string of the molecule is COc1cccc(N(C)CCC(=O)N2CCC(c3ccc(-c4ccc(N)nc4)cn3)CC2)c1. The third-order valence-corrected chi connectivity index (χ3v) is 6.33. The van der Waals surface area contributed by atoms with Gasteiger partial charge in [0.05, 0.1) is 7.11 Å². The van der Waals surface area contributed by atoms with Crippen molar-refractivity contribution >= 4 is 17.4 Å². The summed E-state index contributed by atoms with van der Waals surface area (Å²) in [6.45, 7) is 2.23. The maximum atomic E-state index is 12.8. The molecule has 3 heterocycles. The predicted molar refractivity (Wildman–Crippen MR) is 131 cm³/mol. The molecule has 0 aliphatic carbocycles. The quantitative estimate of drug-likeness (QED) is 0.592. The van der Waals surface area contributed by atoms with Gasteiger partial charge in [-0.2, -0.15) is 0 Å². The second-order valence-corrected chi connectivity index (χ2v) is 8.47. The number of hydrogen-bond donors (Lipinski definition) is 1. The lowest BCUT2D eigenvalue weighted by molar-refractivity contribution is -0.132. The van der Waals surface area contributed by atoms with E-state index in [1.54, 1.807) is 19.4 Å². The third kappa shape index (κ3) is 5.61. The molecule has 0 atom stereocenters. The first kappa shape index (κ1) is 22.6. The van der Waals surface area contributed by atoms with Crippen LogP contribution in [0.1, 0.15) is 30.9 Å². The Labute approximate surface area is 195 Å². The molecule has 1 aliphatic rings. The highest BCUT2D eigenvalue weighted by Crippen LogP contribution is 2.28. The summed E-state index contributed by atoms with van der Waals surface area (Å²) in [7, 11) is 3.66. The number of benzene rings is 1. The minimum atomic E-state index is 0.211. The van der Waals surface area contributed by atoms with Crippen LogP contribution in [0, 0.1) is 0 Å². The molecule has 7 nitrogen and oxygen atoms in total. The van der Waals surface area contributed by atoms with E-state index in [9.17, 15) is 4.79 Å². The molecule has 1 amide bonds. The third-order valence-electron chi connectivity index (χ3n) is 6.33. The summed E-state index contributed by atoms with van der Waals surface area (Å²) in [5, 5.41) is 0. The average molecular weight is 446 g/mol. The number of carbonyl (C=O) groups excluding carboxylic acids is 1. The Morgan fingerprint density at radius 3 is 2.45 bits per heavy atom. The molecule has 0 spiro atoms. The highest BCUT2D eigenvalue weighted by Gasteiger charge is 2.24. The van der Waals surface area contributed by atoms with Crippen molar-refractivity contribution in [1.82, 2.24) is 14.9 Å². The molecule has 3 aromatic rings. The van der Waals surface area contributed by atoms with Crippen LogP contribution in [0.3, 0.4) is 0 Å². The lowest BCUT2D eigenvalue weighted by Crippen LogP contribution is -2.39. The van der Waals surface area contributed by atoms with Crippen molar-refractivity contribution in [3.05, 3.63) is 66.6 Å². The number of methoxy groups -OCH3 is 1. The molecule has 0 unspecified atom stereocenters. The van der Waals surface area contributed by atoms with Crippen LogP contribution in [0.5, 0.6) is 5.75 Å². The smallest absolute Gasteiger partial charge is 0.224 e. The number of amides is 1. The second kappa shape index (κ2) is 10.3. The van der Waals surface area contributed by atoms with Gasteiger partial charge in [0.1, 0.15) is 11.6 Å². The van der Waals surface area contributed by atoms with Crippen molar-refractivity contribution in [2.24, 2.45) is 0 Å². The Bertz CT molecular complexity index is 1060. The monoisotopic (exact) mass is 445 g/mol. The van der Waals surface area contributed by atoms with Gasteiger partial charge in [-0.15, -0.1) is 0 Å². The Balaban J connectivity index is 1.26. The van der Waals surface area contributed by atoms with Crippen molar-refractivity contribution in [2.75, 3.05) is 44.4 Å². The Morgan fingerprint density at radius 1 is 1.09 bits per heavy atom. The molecular weight excluding hydrogens is 414 g/mol. The van der Waals surface area contributed by atoms with Gasteiger partial charge in [0.25, 0.3) is 0 Å². The number of hydrogen-bond acceptors (Lipinski definition) is 6. The second-order valence-electron chi connectivity index (χ2n) is 8.47. The van der Waals surface area contributed by atoms with Gasteiger partial charge >= 0.3 is 0 Å². The van der Waals surface area contributed by atoms with Crippen molar-refractivity contribution in [3.8, 4) is 16.9 Å². The highest BCUT2D eigenvalue weighted by atomic mass is 16.5. The number of ether oxygens (including phenoxy) is 1. The van der Waals surface area contributed by atoms with Crippen molar-refractivity contribution in [1.29, 1.82) is 0 Å². The van der Waals surface area contributed by atoms with Crippen LogP contribution in [0.25, 0.3) is 11.1 Å². The number of likely N-dealkylation sites (tertiary alicyclic amines) is 1. The van der Waals surface area contributed by atoms with Crippen molar-refractivity contribution in [2.45, 2.75) is 25.2 Å². The first-order valence-corrected chi connectivity index (χ1v) is 11.3. The van der Waals surface area contributed by atoms with E-state index >= 15 is 0 Å². The number of aromatic nitrogens is 2. The molecule has 1 aliphatic heterocycles. The summed E-state index contributed by atoms with van der Waals surface area (Å²) in [4.78, 5) is 25.7. The van der Waals surface area contributed by atoms with Crippen LogP contribution >= 0.6 is 0 Å². The van der Waals surface area contributed by atoms with E-state index in [-0.39, 0.29) is 5.91 Å². The Morgan fingerprint density at radius 2 is 1.82 bits per heavy atom. The van der Waals surface area contributed by atoms with E-state index in [0.717, 1.165) is 54.2 Å². The number of nitrogens with two attached hydrogens (primary N) is 1. The summed E-state index contributed by atoms with van der Waals surface area (Å²) in [6.07, 6.45) is 6.04. The molecule has 1 fully saturated rings. The summed E-state index contributed by atoms with van der Waals surface area (Å²) < 4.78 is 5.29. The molecule has 33 heavy (non-hydrogen) atoms.